The first-order chi connectivity index (χ1) is 14.0. The van der Waals surface area contributed by atoms with Gasteiger partial charge < -0.3 is 14.8 Å². The van der Waals surface area contributed by atoms with E-state index >= 15 is 0 Å². The number of carbonyl (C=O) groups excluding carboxylic acids is 1. The molecule has 152 valence electrons. The van der Waals surface area contributed by atoms with Crippen molar-refractivity contribution in [1.29, 1.82) is 0 Å². The fraction of sp³-hybridized carbons (Fsp3) is 0.211. The second-order valence-corrected chi connectivity index (χ2v) is 7.74. The Balaban J connectivity index is 1.43. The minimum absolute atomic E-state index is 0.401. The minimum Gasteiger partial charge on any atom is -0.497 e. The van der Waals surface area contributed by atoms with Crippen molar-refractivity contribution in [3.8, 4) is 11.5 Å². The van der Waals surface area contributed by atoms with Crippen molar-refractivity contribution >= 4 is 51.4 Å². The standard InChI is InChI=1S/C19H18Cl2N4O3S/c1-27-14-5-2-4-13(11-14)22-18(26)23-19-25-24-17(29-19)6-3-9-28-16-8-7-12(20)10-15(16)21/h2,4-5,7-8,10-11H,3,6,9H2,1H3,(H2,22,23,25,26). The molecule has 3 rings (SSSR count). The molecule has 0 aliphatic rings. The van der Waals surface area contributed by atoms with Crippen LogP contribution < -0.4 is 20.1 Å². The number of hydrogen-bond donors (Lipinski definition) is 2. The molecule has 0 unspecified atom stereocenters. The smallest absolute Gasteiger partial charge is 0.325 e. The monoisotopic (exact) mass is 452 g/mol. The molecule has 2 N–H and O–H groups in total. The zero-order chi connectivity index (χ0) is 20.6. The fourth-order valence-electron chi connectivity index (χ4n) is 2.36. The quantitative estimate of drug-likeness (QED) is 0.440. The summed E-state index contributed by atoms with van der Waals surface area (Å²) in [6.07, 6.45) is 1.39. The molecular formula is C19H18Cl2N4O3S. The maximum atomic E-state index is 12.1. The van der Waals surface area contributed by atoms with Gasteiger partial charge in [0.15, 0.2) is 0 Å². The number of urea groups is 1. The van der Waals surface area contributed by atoms with Crippen LogP contribution in [0.3, 0.4) is 0 Å². The fourth-order valence-corrected chi connectivity index (χ4v) is 3.60. The van der Waals surface area contributed by atoms with Crippen molar-refractivity contribution in [3.63, 3.8) is 0 Å². The first-order valence-corrected chi connectivity index (χ1v) is 10.2. The zero-order valence-electron chi connectivity index (χ0n) is 15.4. The number of aryl methyl sites for hydroxylation is 1. The van der Waals surface area contributed by atoms with Crippen LogP contribution in [-0.4, -0.2) is 29.9 Å². The molecule has 1 aromatic heterocycles. The summed E-state index contributed by atoms with van der Waals surface area (Å²) < 4.78 is 10.8. The van der Waals surface area contributed by atoms with Crippen molar-refractivity contribution in [1.82, 2.24) is 10.2 Å². The lowest BCUT2D eigenvalue weighted by atomic mass is 10.3. The van der Waals surface area contributed by atoms with E-state index in [2.05, 4.69) is 20.8 Å². The Morgan fingerprint density at radius 1 is 1.14 bits per heavy atom. The van der Waals surface area contributed by atoms with E-state index in [0.717, 1.165) is 11.4 Å². The lowest BCUT2D eigenvalue weighted by Crippen LogP contribution is -2.19. The van der Waals surface area contributed by atoms with Crippen LogP contribution >= 0.6 is 34.5 Å². The van der Waals surface area contributed by atoms with Crippen LogP contribution in [0.15, 0.2) is 42.5 Å². The molecule has 0 aliphatic heterocycles. The molecule has 0 atom stereocenters. The number of benzene rings is 2. The van der Waals surface area contributed by atoms with Crippen LogP contribution in [0, 0.1) is 0 Å². The molecule has 0 aliphatic carbocycles. The van der Waals surface area contributed by atoms with E-state index in [1.807, 2.05) is 0 Å². The number of halogens is 2. The number of carbonyl (C=O) groups is 1. The Morgan fingerprint density at radius 3 is 2.79 bits per heavy atom. The van der Waals surface area contributed by atoms with E-state index < -0.39 is 6.03 Å². The van der Waals surface area contributed by atoms with E-state index in [-0.39, 0.29) is 0 Å². The topological polar surface area (TPSA) is 85.4 Å². The van der Waals surface area contributed by atoms with E-state index in [0.29, 0.717) is 45.4 Å². The van der Waals surface area contributed by atoms with E-state index in [1.54, 1.807) is 49.6 Å². The summed E-state index contributed by atoms with van der Waals surface area (Å²) in [5.74, 6) is 1.24. The molecule has 2 amide bonds. The first-order valence-electron chi connectivity index (χ1n) is 8.66. The highest BCUT2D eigenvalue weighted by Crippen LogP contribution is 2.27. The van der Waals surface area contributed by atoms with Crippen LogP contribution in [-0.2, 0) is 6.42 Å². The van der Waals surface area contributed by atoms with Crippen molar-refractivity contribution in [3.05, 3.63) is 57.5 Å². The zero-order valence-corrected chi connectivity index (χ0v) is 17.8. The van der Waals surface area contributed by atoms with Gasteiger partial charge in [-0.05, 0) is 36.8 Å². The number of amides is 2. The number of nitrogens with zero attached hydrogens (tertiary/aromatic N) is 2. The number of rotatable bonds is 8. The van der Waals surface area contributed by atoms with Gasteiger partial charge in [-0.15, -0.1) is 10.2 Å². The van der Waals surface area contributed by atoms with E-state index in [9.17, 15) is 4.79 Å². The number of anilines is 2. The molecule has 0 radical (unpaired) electrons. The normalized spacial score (nSPS) is 10.4. The van der Waals surface area contributed by atoms with Crippen molar-refractivity contribution in [2.75, 3.05) is 24.4 Å². The molecule has 10 heteroatoms. The number of hydrogen-bond acceptors (Lipinski definition) is 6. The molecule has 0 saturated carbocycles. The Bertz CT molecular complexity index is 984. The molecule has 0 saturated heterocycles. The molecule has 7 nitrogen and oxygen atoms in total. The summed E-state index contributed by atoms with van der Waals surface area (Å²) in [6.45, 7) is 0.472. The van der Waals surface area contributed by atoms with Gasteiger partial charge in [0.05, 0.1) is 18.7 Å². The third-order valence-electron chi connectivity index (χ3n) is 3.70. The lowest BCUT2D eigenvalue weighted by molar-refractivity contribution is 0.262. The molecule has 0 bridgehead atoms. The number of aromatic nitrogens is 2. The SMILES string of the molecule is COc1cccc(NC(=O)Nc2nnc(CCCOc3ccc(Cl)cc3Cl)s2)c1. The van der Waals surface area contributed by atoms with Crippen molar-refractivity contribution < 1.29 is 14.3 Å². The number of ether oxygens (including phenoxy) is 2. The summed E-state index contributed by atoms with van der Waals surface area (Å²) in [5.41, 5.74) is 0.615. The molecule has 29 heavy (non-hydrogen) atoms. The predicted molar refractivity (Wildman–Crippen MR) is 116 cm³/mol. The average Bonchev–Trinajstić information content (AvgIpc) is 3.13. The van der Waals surface area contributed by atoms with Crippen LogP contribution in [0.4, 0.5) is 15.6 Å². The number of methoxy groups -OCH3 is 1. The summed E-state index contributed by atoms with van der Waals surface area (Å²) >= 11 is 13.2. The Morgan fingerprint density at radius 2 is 2.00 bits per heavy atom. The van der Waals surface area contributed by atoms with Gasteiger partial charge in [0.2, 0.25) is 5.13 Å². The van der Waals surface area contributed by atoms with Gasteiger partial charge in [0.25, 0.3) is 0 Å². The largest absolute Gasteiger partial charge is 0.497 e. The second kappa shape index (κ2) is 10.3. The maximum Gasteiger partial charge on any atom is 0.325 e. The van der Waals surface area contributed by atoms with Gasteiger partial charge in [-0.3, -0.25) is 5.32 Å². The third kappa shape index (κ3) is 6.49. The van der Waals surface area contributed by atoms with Gasteiger partial charge >= 0.3 is 6.03 Å². The van der Waals surface area contributed by atoms with Crippen LogP contribution in [0.5, 0.6) is 11.5 Å². The maximum absolute atomic E-state index is 12.1. The van der Waals surface area contributed by atoms with Gasteiger partial charge in [-0.25, -0.2) is 4.79 Å². The Labute approximate surface area is 182 Å². The van der Waals surface area contributed by atoms with Crippen LogP contribution in [0.1, 0.15) is 11.4 Å². The summed E-state index contributed by atoms with van der Waals surface area (Å²) in [7, 11) is 1.57. The second-order valence-electron chi connectivity index (χ2n) is 5.84. The summed E-state index contributed by atoms with van der Waals surface area (Å²) in [4.78, 5) is 12.1. The molecule has 3 aromatic rings. The van der Waals surface area contributed by atoms with Gasteiger partial charge in [-0.1, -0.05) is 40.6 Å². The lowest BCUT2D eigenvalue weighted by Gasteiger charge is -2.07. The molecule has 0 fully saturated rings. The molecule has 2 aromatic carbocycles. The first kappa shape index (κ1) is 21.2. The van der Waals surface area contributed by atoms with Gasteiger partial charge in [-0.2, -0.15) is 0 Å². The Hall–Kier alpha value is -2.55. The molecule has 1 heterocycles. The highest BCUT2D eigenvalue weighted by Gasteiger charge is 2.09. The molecule has 0 spiro atoms. The highest BCUT2D eigenvalue weighted by molar-refractivity contribution is 7.15. The molecular weight excluding hydrogens is 435 g/mol. The van der Waals surface area contributed by atoms with Crippen LogP contribution in [0.2, 0.25) is 10.0 Å². The number of nitrogens with one attached hydrogen (secondary N) is 2. The van der Waals surface area contributed by atoms with E-state index in [1.165, 1.54) is 11.3 Å². The Kier molecular flexibility index (Phi) is 7.51. The summed E-state index contributed by atoms with van der Waals surface area (Å²) in [6, 6.07) is 11.8. The third-order valence-corrected chi connectivity index (χ3v) is 5.13. The van der Waals surface area contributed by atoms with Crippen LogP contribution in [0.25, 0.3) is 0 Å². The average molecular weight is 453 g/mol. The van der Waals surface area contributed by atoms with E-state index in [4.69, 9.17) is 32.7 Å². The van der Waals surface area contributed by atoms with Crippen molar-refractivity contribution in [2.45, 2.75) is 12.8 Å². The van der Waals surface area contributed by atoms with Gasteiger partial charge in [0.1, 0.15) is 16.5 Å². The highest BCUT2D eigenvalue weighted by atomic mass is 35.5. The van der Waals surface area contributed by atoms with Crippen molar-refractivity contribution in [2.24, 2.45) is 0 Å². The summed E-state index contributed by atoms with van der Waals surface area (Å²) in [5, 5.41) is 15.7. The minimum atomic E-state index is -0.401. The van der Waals surface area contributed by atoms with Gasteiger partial charge in [0, 0.05) is 23.2 Å². The predicted octanol–water partition coefficient (Wildman–Crippen LogP) is 5.51.